The predicted molar refractivity (Wildman–Crippen MR) is 336 cm³/mol. The summed E-state index contributed by atoms with van der Waals surface area (Å²) in [6, 6.07) is -0.827. The standard InChI is InChI=1S/C70H129NO8/c1-3-5-7-9-11-13-15-17-19-21-23-25-27-29-31-32-34-35-37-39-41-43-45-47-49-51-53-55-57-59-64(73)63(62-78-70-69(77)68(76)67(75)65(61-72)79-70)71-66(74)60-58-56-54-52-50-48-46-44-42-40-38-36-33-30-28-26-24-22-20-18-16-14-12-10-8-6-4-2/h16,18,22,24,28,30,49,51,57,59,63-65,67-70,72-73,75-77H,3-15,17,19-21,23,25-27,29,31-48,50,52-56,58,60-62H2,1-2H3,(H,71,74)/b18-16-,24-22-,30-28-,51-49+,59-57+. The first-order valence-corrected chi connectivity index (χ1v) is 34.0. The van der Waals surface area contributed by atoms with Gasteiger partial charge >= 0.3 is 0 Å². The van der Waals surface area contributed by atoms with Crippen molar-refractivity contribution in [1.29, 1.82) is 0 Å². The van der Waals surface area contributed by atoms with Crippen LogP contribution in [0.2, 0.25) is 0 Å². The zero-order valence-electron chi connectivity index (χ0n) is 51.6. The average molecular weight is 1110 g/mol. The van der Waals surface area contributed by atoms with Gasteiger partial charge in [0.25, 0.3) is 0 Å². The van der Waals surface area contributed by atoms with Gasteiger partial charge in [0.2, 0.25) is 5.91 Å². The van der Waals surface area contributed by atoms with E-state index in [1.165, 1.54) is 250 Å². The molecule has 0 spiro atoms. The lowest BCUT2D eigenvalue weighted by Gasteiger charge is -2.40. The number of aliphatic hydroxyl groups is 5. The first-order chi connectivity index (χ1) is 38.8. The van der Waals surface area contributed by atoms with Crippen LogP contribution in [0.4, 0.5) is 0 Å². The van der Waals surface area contributed by atoms with Crippen molar-refractivity contribution >= 4 is 5.91 Å². The van der Waals surface area contributed by atoms with E-state index in [1.807, 2.05) is 6.08 Å². The molecule has 0 aromatic rings. The Kier molecular flexibility index (Phi) is 56.0. The van der Waals surface area contributed by atoms with Crippen LogP contribution in [0.3, 0.4) is 0 Å². The fourth-order valence-electron chi connectivity index (χ4n) is 10.7. The number of rotatable bonds is 59. The van der Waals surface area contributed by atoms with E-state index >= 15 is 0 Å². The zero-order chi connectivity index (χ0) is 57.2. The fraction of sp³-hybridized carbons (Fsp3) is 0.843. The molecule has 1 aliphatic heterocycles. The minimum atomic E-state index is -1.58. The van der Waals surface area contributed by atoms with Crippen molar-refractivity contribution in [2.24, 2.45) is 0 Å². The molecule has 0 aromatic carbocycles. The molecule has 79 heavy (non-hydrogen) atoms. The number of allylic oxidation sites excluding steroid dienone is 9. The number of hydrogen-bond donors (Lipinski definition) is 6. The minimum Gasteiger partial charge on any atom is -0.394 e. The first-order valence-electron chi connectivity index (χ1n) is 34.0. The first kappa shape index (κ1) is 74.9. The second-order valence-electron chi connectivity index (χ2n) is 23.6. The highest BCUT2D eigenvalue weighted by Crippen LogP contribution is 2.23. The summed E-state index contributed by atoms with van der Waals surface area (Å²) in [6.07, 6.45) is 74.6. The third kappa shape index (κ3) is 48.0. The summed E-state index contributed by atoms with van der Waals surface area (Å²) in [4.78, 5) is 13.1. The van der Waals surface area contributed by atoms with E-state index in [9.17, 15) is 30.3 Å². The van der Waals surface area contributed by atoms with Crippen molar-refractivity contribution in [2.75, 3.05) is 13.2 Å². The molecule has 7 atom stereocenters. The maximum Gasteiger partial charge on any atom is 0.220 e. The van der Waals surface area contributed by atoms with Crippen LogP contribution in [-0.4, -0.2) is 87.5 Å². The molecule has 1 rings (SSSR count). The van der Waals surface area contributed by atoms with Crippen LogP contribution in [0.25, 0.3) is 0 Å². The van der Waals surface area contributed by atoms with Crippen molar-refractivity contribution in [2.45, 2.75) is 365 Å². The molecule has 1 aliphatic rings. The molecule has 1 saturated heterocycles. The third-order valence-electron chi connectivity index (χ3n) is 16.1. The Labute approximate surface area is 487 Å². The largest absolute Gasteiger partial charge is 0.394 e. The molecule has 462 valence electrons. The number of ether oxygens (including phenoxy) is 2. The number of carbonyl (C=O) groups excluding carboxylic acids is 1. The number of unbranched alkanes of at least 4 members (excludes halogenated alkanes) is 41. The SMILES string of the molecule is CCCCCCC/C=C\C/C=C\C/C=C\CCCCCCCCCCCCCCC(=O)NC(COC1OC(CO)C(O)C(O)C1O)C(O)/C=C/CC/C=C/CCCCCCCCCCCCCCCCCCCCCCCCC. The Morgan fingerprint density at radius 1 is 0.430 bits per heavy atom. The molecule has 0 bridgehead atoms. The van der Waals surface area contributed by atoms with Gasteiger partial charge in [-0.2, -0.15) is 0 Å². The second-order valence-corrected chi connectivity index (χ2v) is 23.6. The third-order valence-corrected chi connectivity index (χ3v) is 16.1. The normalized spacial score (nSPS) is 18.9. The topological polar surface area (TPSA) is 149 Å². The van der Waals surface area contributed by atoms with Crippen LogP contribution < -0.4 is 5.32 Å². The quantitative estimate of drug-likeness (QED) is 0.0261. The Hall–Kier alpha value is -2.11. The van der Waals surface area contributed by atoms with Crippen LogP contribution in [-0.2, 0) is 14.3 Å². The average Bonchev–Trinajstić information content (AvgIpc) is 3.47. The molecule has 9 heteroatoms. The minimum absolute atomic E-state index is 0.186. The molecule has 0 radical (unpaired) electrons. The molecule has 0 aromatic heterocycles. The fourth-order valence-corrected chi connectivity index (χ4v) is 10.7. The van der Waals surface area contributed by atoms with Crippen LogP contribution in [0.15, 0.2) is 60.8 Å². The lowest BCUT2D eigenvalue weighted by atomic mass is 9.99. The number of nitrogens with one attached hydrogen (secondary N) is 1. The highest BCUT2D eigenvalue weighted by atomic mass is 16.7. The van der Waals surface area contributed by atoms with Gasteiger partial charge in [0.15, 0.2) is 6.29 Å². The number of aliphatic hydroxyl groups excluding tert-OH is 5. The Bertz CT molecular complexity index is 1430. The lowest BCUT2D eigenvalue weighted by Crippen LogP contribution is -2.60. The van der Waals surface area contributed by atoms with E-state index in [0.717, 1.165) is 51.4 Å². The number of amides is 1. The van der Waals surface area contributed by atoms with Crippen molar-refractivity contribution in [3.05, 3.63) is 60.8 Å². The summed E-state index contributed by atoms with van der Waals surface area (Å²) in [5.74, 6) is -0.186. The molecular weight excluding hydrogens is 983 g/mol. The van der Waals surface area contributed by atoms with E-state index in [1.54, 1.807) is 6.08 Å². The number of hydrogen-bond acceptors (Lipinski definition) is 8. The Morgan fingerprint density at radius 2 is 0.759 bits per heavy atom. The summed E-state index contributed by atoms with van der Waals surface area (Å²) in [7, 11) is 0. The lowest BCUT2D eigenvalue weighted by molar-refractivity contribution is -0.302. The smallest absolute Gasteiger partial charge is 0.220 e. The Morgan fingerprint density at radius 3 is 1.15 bits per heavy atom. The molecule has 9 nitrogen and oxygen atoms in total. The molecular formula is C70H129NO8. The van der Waals surface area contributed by atoms with E-state index in [4.69, 9.17) is 9.47 Å². The predicted octanol–water partition coefficient (Wildman–Crippen LogP) is 18.2. The Balaban J connectivity index is 2.18. The van der Waals surface area contributed by atoms with Gasteiger partial charge in [-0.1, -0.05) is 306 Å². The summed E-state index contributed by atoms with van der Waals surface area (Å²) >= 11 is 0. The van der Waals surface area contributed by atoms with Gasteiger partial charge in [-0.3, -0.25) is 4.79 Å². The van der Waals surface area contributed by atoms with E-state index in [-0.39, 0.29) is 12.5 Å². The maximum absolute atomic E-state index is 13.1. The van der Waals surface area contributed by atoms with Crippen molar-refractivity contribution in [3.63, 3.8) is 0 Å². The number of carbonyl (C=O) groups is 1. The van der Waals surface area contributed by atoms with Crippen molar-refractivity contribution in [1.82, 2.24) is 5.32 Å². The van der Waals surface area contributed by atoms with Crippen LogP contribution in [0.1, 0.15) is 322 Å². The van der Waals surface area contributed by atoms with Gasteiger partial charge in [-0.05, 0) is 70.6 Å². The van der Waals surface area contributed by atoms with E-state index in [2.05, 4.69) is 67.8 Å². The highest BCUT2D eigenvalue weighted by Gasteiger charge is 2.44. The summed E-state index contributed by atoms with van der Waals surface area (Å²) in [6.45, 7) is 3.79. The summed E-state index contributed by atoms with van der Waals surface area (Å²) in [5, 5.41) is 54.7. The van der Waals surface area contributed by atoms with Gasteiger partial charge in [-0.25, -0.2) is 0 Å². The molecule has 7 unspecified atom stereocenters. The van der Waals surface area contributed by atoms with Crippen molar-refractivity contribution in [3.8, 4) is 0 Å². The maximum atomic E-state index is 13.1. The summed E-state index contributed by atoms with van der Waals surface area (Å²) in [5.41, 5.74) is 0. The molecule has 1 heterocycles. The van der Waals surface area contributed by atoms with E-state index < -0.39 is 49.5 Å². The zero-order valence-corrected chi connectivity index (χ0v) is 51.6. The van der Waals surface area contributed by atoms with Gasteiger partial charge in [0.05, 0.1) is 25.4 Å². The van der Waals surface area contributed by atoms with Gasteiger partial charge in [-0.15, -0.1) is 0 Å². The molecule has 6 N–H and O–H groups in total. The van der Waals surface area contributed by atoms with Gasteiger partial charge < -0.3 is 40.3 Å². The van der Waals surface area contributed by atoms with Crippen LogP contribution in [0.5, 0.6) is 0 Å². The molecule has 0 saturated carbocycles. The molecule has 1 fully saturated rings. The van der Waals surface area contributed by atoms with E-state index in [0.29, 0.717) is 6.42 Å². The van der Waals surface area contributed by atoms with Gasteiger partial charge in [0, 0.05) is 6.42 Å². The molecule has 1 amide bonds. The van der Waals surface area contributed by atoms with Crippen LogP contribution in [0, 0.1) is 0 Å². The highest BCUT2D eigenvalue weighted by molar-refractivity contribution is 5.76. The molecule has 0 aliphatic carbocycles. The van der Waals surface area contributed by atoms with Crippen molar-refractivity contribution < 1.29 is 39.8 Å². The van der Waals surface area contributed by atoms with Crippen LogP contribution >= 0.6 is 0 Å². The summed E-state index contributed by atoms with van der Waals surface area (Å²) < 4.78 is 11.3. The monoisotopic (exact) mass is 1110 g/mol. The van der Waals surface area contributed by atoms with Gasteiger partial charge in [0.1, 0.15) is 24.4 Å². The second kappa shape index (κ2) is 59.1.